The van der Waals surface area contributed by atoms with E-state index >= 15 is 0 Å². The topological polar surface area (TPSA) is 40.5 Å². The number of hydrogen-bond acceptors (Lipinski definition) is 2. The Hall–Kier alpha value is -0.250. The van der Waals surface area contributed by atoms with Crippen molar-refractivity contribution in [2.75, 3.05) is 5.33 Å². The summed E-state index contributed by atoms with van der Waals surface area (Å²) in [5.74, 6) is 0.102. The third-order valence-corrected chi connectivity index (χ3v) is 2.43. The molecule has 2 nitrogen and oxygen atoms in total. The van der Waals surface area contributed by atoms with Crippen molar-refractivity contribution in [3.63, 3.8) is 0 Å². The second-order valence-electron chi connectivity index (χ2n) is 2.38. The monoisotopic (exact) mass is 250 g/mol. The van der Waals surface area contributed by atoms with Crippen molar-refractivity contribution < 1.29 is 10.2 Å². The summed E-state index contributed by atoms with van der Waals surface area (Å²) in [6.07, 6.45) is -0.627. The summed E-state index contributed by atoms with van der Waals surface area (Å²) >= 11 is 8.90. The highest BCUT2D eigenvalue weighted by atomic mass is 79.9. The number of benzene rings is 1. The van der Waals surface area contributed by atoms with Gasteiger partial charge in [-0.25, -0.2) is 0 Å². The smallest absolute Gasteiger partial charge is 0.117 e. The molecule has 1 aromatic carbocycles. The van der Waals surface area contributed by atoms with Gasteiger partial charge >= 0.3 is 0 Å². The lowest BCUT2D eigenvalue weighted by Crippen LogP contribution is -1.98. The maximum Gasteiger partial charge on any atom is 0.117 e. The van der Waals surface area contributed by atoms with E-state index in [0.717, 1.165) is 0 Å². The molecular formula is C8H8BrClO2. The van der Waals surface area contributed by atoms with E-state index in [-0.39, 0.29) is 5.75 Å². The van der Waals surface area contributed by atoms with E-state index in [1.54, 1.807) is 6.07 Å². The fourth-order valence-electron chi connectivity index (χ4n) is 0.869. The van der Waals surface area contributed by atoms with Gasteiger partial charge in [0.1, 0.15) is 5.75 Å². The summed E-state index contributed by atoms with van der Waals surface area (Å²) in [4.78, 5) is 0. The van der Waals surface area contributed by atoms with Gasteiger partial charge in [0.05, 0.1) is 11.1 Å². The molecule has 0 bridgehead atoms. The summed E-state index contributed by atoms with van der Waals surface area (Å²) in [6.45, 7) is 0. The van der Waals surface area contributed by atoms with Crippen LogP contribution in [0.1, 0.15) is 11.7 Å². The molecule has 0 spiro atoms. The Morgan fingerprint density at radius 3 is 2.67 bits per heavy atom. The maximum absolute atomic E-state index is 9.39. The Labute approximate surface area is 83.9 Å². The molecule has 0 amide bonds. The Kier molecular flexibility index (Phi) is 3.38. The van der Waals surface area contributed by atoms with Crippen molar-refractivity contribution in [1.82, 2.24) is 0 Å². The molecule has 12 heavy (non-hydrogen) atoms. The third kappa shape index (κ3) is 2.12. The predicted octanol–water partition coefficient (Wildman–Crippen LogP) is 2.47. The van der Waals surface area contributed by atoms with Crippen LogP contribution in [0.3, 0.4) is 0 Å². The quantitative estimate of drug-likeness (QED) is 0.793. The first-order valence-corrected chi connectivity index (χ1v) is 4.87. The van der Waals surface area contributed by atoms with Crippen LogP contribution in [0.4, 0.5) is 0 Å². The van der Waals surface area contributed by atoms with Crippen LogP contribution in [0.5, 0.6) is 5.75 Å². The van der Waals surface area contributed by atoms with Gasteiger partial charge in [-0.3, -0.25) is 0 Å². The number of aliphatic hydroxyl groups is 1. The Morgan fingerprint density at radius 2 is 2.17 bits per heavy atom. The first-order chi connectivity index (χ1) is 5.65. The fraction of sp³-hybridized carbons (Fsp3) is 0.250. The van der Waals surface area contributed by atoms with E-state index in [2.05, 4.69) is 15.9 Å². The molecule has 0 aliphatic rings. The zero-order valence-corrected chi connectivity index (χ0v) is 8.51. The van der Waals surface area contributed by atoms with Crippen molar-refractivity contribution in [1.29, 1.82) is 0 Å². The Morgan fingerprint density at radius 1 is 1.50 bits per heavy atom. The van der Waals surface area contributed by atoms with Crippen LogP contribution in [-0.2, 0) is 0 Å². The SMILES string of the molecule is Oc1ccc(C(O)CBr)c(Cl)c1. The number of phenolic OH excluding ortho intramolecular Hbond substituents is 1. The molecule has 0 saturated heterocycles. The van der Waals surface area contributed by atoms with E-state index in [4.69, 9.17) is 16.7 Å². The van der Waals surface area contributed by atoms with E-state index in [0.29, 0.717) is 15.9 Å². The van der Waals surface area contributed by atoms with Crippen molar-refractivity contribution in [2.45, 2.75) is 6.10 Å². The molecule has 0 aliphatic carbocycles. The molecule has 0 saturated carbocycles. The highest BCUT2D eigenvalue weighted by Gasteiger charge is 2.09. The number of aromatic hydroxyl groups is 1. The maximum atomic E-state index is 9.39. The second-order valence-corrected chi connectivity index (χ2v) is 3.43. The zero-order chi connectivity index (χ0) is 9.14. The summed E-state index contributed by atoms with van der Waals surface area (Å²) in [5.41, 5.74) is 0.617. The highest BCUT2D eigenvalue weighted by Crippen LogP contribution is 2.27. The first-order valence-electron chi connectivity index (χ1n) is 3.37. The van der Waals surface area contributed by atoms with E-state index < -0.39 is 6.10 Å². The molecule has 66 valence electrons. The van der Waals surface area contributed by atoms with Gasteiger partial charge in [0.2, 0.25) is 0 Å². The van der Waals surface area contributed by atoms with Gasteiger partial charge in [0, 0.05) is 10.9 Å². The van der Waals surface area contributed by atoms with Gasteiger partial charge in [0.15, 0.2) is 0 Å². The molecule has 0 aromatic heterocycles. The minimum atomic E-state index is -0.627. The van der Waals surface area contributed by atoms with Crippen LogP contribution < -0.4 is 0 Å². The molecule has 0 aliphatic heterocycles. The second kappa shape index (κ2) is 4.12. The molecule has 1 atom stereocenters. The number of phenols is 1. The molecule has 1 aromatic rings. The minimum Gasteiger partial charge on any atom is -0.508 e. The van der Waals surface area contributed by atoms with Gasteiger partial charge < -0.3 is 10.2 Å². The summed E-state index contributed by atoms with van der Waals surface area (Å²) < 4.78 is 0. The van der Waals surface area contributed by atoms with Gasteiger partial charge in [-0.15, -0.1) is 0 Å². The normalized spacial score (nSPS) is 12.9. The van der Waals surface area contributed by atoms with Gasteiger partial charge in [-0.2, -0.15) is 0 Å². The van der Waals surface area contributed by atoms with Crippen LogP contribution in [0.15, 0.2) is 18.2 Å². The summed E-state index contributed by atoms with van der Waals surface area (Å²) in [7, 11) is 0. The predicted molar refractivity (Wildman–Crippen MR) is 51.9 cm³/mol. The van der Waals surface area contributed by atoms with Gasteiger partial charge in [-0.05, 0) is 12.1 Å². The number of alkyl halides is 1. The van der Waals surface area contributed by atoms with Crippen LogP contribution in [0.2, 0.25) is 5.02 Å². The third-order valence-electron chi connectivity index (χ3n) is 1.49. The zero-order valence-electron chi connectivity index (χ0n) is 6.17. The summed E-state index contributed by atoms with van der Waals surface area (Å²) in [5, 5.41) is 19.2. The van der Waals surface area contributed by atoms with Crippen LogP contribution in [0, 0.1) is 0 Å². The molecule has 0 heterocycles. The molecule has 0 fully saturated rings. The fourth-order valence-corrected chi connectivity index (χ4v) is 1.52. The number of halogens is 2. The van der Waals surface area contributed by atoms with Crippen molar-refractivity contribution in [3.05, 3.63) is 28.8 Å². The number of rotatable bonds is 2. The Balaban J connectivity index is 3.01. The first kappa shape index (κ1) is 9.84. The lowest BCUT2D eigenvalue weighted by molar-refractivity contribution is 0.205. The number of hydrogen-bond donors (Lipinski definition) is 2. The van der Waals surface area contributed by atoms with Crippen LogP contribution in [0.25, 0.3) is 0 Å². The summed E-state index contributed by atoms with van der Waals surface area (Å²) in [6, 6.07) is 4.50. The van der Waals surface area contributed by atoms with E-state index in [9.17, 15) is 5.11 Å². The number of aliphatic hydroxyl groups excluding tert-OH is 1. The van der Waals surface area contributed by atoms with Crippen LogP contribution in [-0.4, -0.2) is 15.5 Å². The average molecular weight is 252 g/mol. The van der Waals surface area contributed by atoms with Gasteiger partial charge in [-0.1, -0.05) is 33.6 Å². The lowest BCUT2D eigenvalue weighted by atomic mass is 10.1. The lowest BCUT2D eigenvalue weighted by Gasteiger charge is -2.08. The van der Waals surface area contributed by atoms with E-state index in [1.165, 1.54) is 12.1 Å². The largest absolute Gasteiger partial charge is 0.508 e. The van der Waals surface area contributed by atoms with Crippen molar-refractivity contribution >= 4 is 27.5 Å². The molecule has 1 unspecified atom stereocenters. The molecule has 1 rings (SSSR count). The van der Waals surface area contributed by atoms with E-state index in [1.807, 2.05) is 0 Å². The van der Waals surface area contributed by atoms with Gasteiger partial charge in [0.25, 0.3) is 0 Å². The standard InChI is InChI=1S/C8H8BrClO2/c9-4-8(12)6-2-1-5(11)3-7(6)10/h1-3,8,11-12H,4H2. The highest BCUT2D eigenvalue weighted by molar-refractivity contribution is 9.09. The van der Waals surface area contributed by atoms with Crippen molar-refractivity contribution in [3.8, 4) is 5.75 Å². The minimum absolute atomic E-state index is 0.102. The van der Waals surface area contributed by atoms with Crippen molar-refractivity contribution in [2.24, 2.45) is 0 Å². The molecule has 0 radical (unpaired) electrons. The average Bonchev–Trinajstić information content (AvgIpc) is 2.03. The van der Waals surface area contributed by atoms with Crippen LogP contribution >= 0.6 is 27.5 Å². The molecular weight excluding hydrogens is 243 g/mol. The Bertz CT molecular complexity index is 278. The molecule has 2 N–H and O–H groups in total. The molecule has 4 heteroatoms.